The number of hydrogen-bond donors (Lipinski definition) is 0. The molecule has 0 atom stereocenters. The van der Waals surface area contributed by atoms with E-state index >= 15 is 0 Å². The van der Waals surface area contributed by atoms with Crippen molar-refractivity contribution in [2.45, 2.75) is 12.8 Å². The van der Waals surface area contributed by atoms with E-state index in [-0.39, 0.29) is 0 Å². The average molecular weight is 215 g/mol. The fraction of sp³-hybridized carbons (Fsp3) is 0.385. The maximum atomic E-state index is 2.43. The Hall–Kier alpha value is -1.48. The second-order valence-electron chi connectivity index (χ2n) is 4.35. The highest BCUT2D eigenvalue weighted by molar-refractivity contribution is 5.49. The number of nitrogens with zero attached hydrogens (tertiary/aromatic N) is 3. The molecule has 0 saturated carbocycles. The van der Waals surface area contributed by atoms with E-state index in [2.05, 4.69) is 57.6 Å². The Morgan fingerprint density at radius 1 is 0.875 bits per heavy atom. The van der Waals surface area contributed by atoms with Crippen LogP contribution in [0.3, 0.4) is 0 Å². The molecule has 2 heterocycles. The van der Waals surface area contributed by atoms with E-state index in [0.29, 0.717) is 0 Å². The van der Waals surface area contributed by atoms with Crippen molar-refractivity contribution in [3.8, 4) is 0 Å². The molecule has 84 valence electrons. The smallest absolute Gasteiger partial charge is 0.109 e. The van der Waals surface area contributed by atoms with Crippen LogP contribution in [0, 0.1) is 0 Å². The number of hydrogen-bond acceptors (Lipinski definition) is 3. The summed E-state index contributed by atoms with van der Waals surface area (Å²) in [7, 11) is 0. The molecule has 3 nitrogen and oxygen atoms in total. The van der Waals surface area contributed by atoms with Crippen molar-refractivity contribution >= 4 is 5.69 Å². The highest BCUT2D eigenvalue weighted by atomic mass is 15.7. The van der Waals surface area contributed by atoms with Crippen LogP contribution in [0.25, 0.3) is 0 Å². The highest BCUT2D eigenvalue weighted by Gasteiger charge is 2.22. The van der Waals surface area contributed by atoms with E-state index < -0.39 is 0 Å². The van der Waals surface area contributed by atoms with Crippen LogP contribution in [0.4, 0.5) is 5.69 Å². The molecule has 2 aliphatic heterocycles. The van der Waals surface area contributed by atoms with Crippen molar-refractivity contribution in [1.29, 1.82) is 0 Å². The quantitative estimate of drug-likeness (QED) is 0.749. The maximum absolute atomic E-state index is 2.43. The van der Waals surface area contributed by atoms with E-state index in [9.17, 15) is 0 Å². The van der Waals surface area contributed by atoms with Crippen LogP contribution in [0.2, 0.25) is 0 Å². The standard InChI is InChI=1S/C13H17N3/c1-2-6-13(7-3-1)14-10-11-16(12-14)15-8-4-5-9-15/h1-3,6-7,10-11H,4-5,8-9,12H2. The average Bonchev–Trinajstić information content (AvgIpc) is 3.01. The van der Waals surface area contributed by atoms with Gasteiger partial charge in [-0.15, -0.1) is 0 Å². The van der Waals surface area contributed by atoms with Crippen LogP contribution in [0.1, 0.15) is 12.8 Å². The first-order chi connectivity index (χ1) is 7.93. The van der Waals surface area contributed by atoms with Crippen LogP contribution in [0.15, 0.2) is 42.7 Å². The molecule has 3 heteroatoms. The Labute approximate surface area is 96.5 Å². The van der Waals surface area contributed by atoms with Gasteiger partial charge in [-0.05, 0) is 25.0 Å². The van der Waals surface area contributed by atoms with E-state index in [0.717, 1.165) is 6.67 Å². The lowest BCUT2D eigenvalue weighted by molar-refractivity contribution is 0.0596. The molecule has 1 saturated heterocycles. The molecule has 0 amide bonds. The van der Waals surface area contributed by atoms with Gasteiger partial charge in [-0.3, -0.25) is 5.01 Å². The van der Waals surface area contributed by atoms with Crippen molar-refractivity contribution in [1.82, 2.24) is 10.0 Å². The monoisotopic (exact) mass is 215 g/mol. The molecule has 0 bridgehead atoms. The summed E-state index contributed by atoms with van der Waals surface area (Å²) < 4.78 is 0. The first-order valence-corrected chi connectivity index (χ1v) is 5.95. The molecule has 0 N–H and O–H groups in total. The van der Waals surface area contributed by atoms with E-state index in [1.807, 2.05) is 0 Å². The zero-order valence-corrected chi connectivity index (χ0v) is 9.42. The lowest BCUT2D eigenvalue weighted by Gasteiger charge is -2.29. The molecule has 0 radical (unpaired) electrons. The van der Waals surface area contributed by atoms with E-state index in [1.165, 1.54) is 31.6 Å². The first-order valence-electron chi connectivity index (χ1n) is 5.95. The summed E-state index contributed by atoms with van der Waals surface area (Å²) in [6.45, 7) is 3.35. The molecule has 3 rings (SSSR count). The second kappa shape index (κ2) is 4.18. The summed E-state index contributed by atoms with van der Waals surface area (Å²) in [6, 6.07) is 10.5. The highest BCUT2D eigenvalue weighted by Crippen LogP contribution is 2.21. The zero-order chi connectivity index (χ0) is 10.8. The van der Waals surface area contributed by atoms with E-state index in [4.69, 9.17) is 0 Å². The summed E-state index contributed by atoms with van der Waals surface area (Å²) in [6.07, 6.45) is 7.00. The largest absolute Gasteiger partial charge is 0.327 e. The molecule has 2 aliphatic rings. The van der Waals surface area contributed by atoms with Crippen molar-refractivity contribution in [2.24, 2.45) is 0 Å². The number of rotatable bonds is 2. The minimum atomic E-state index is 0.948. The summed E-state index contributed by atoms with van der Waals surface area (Å²) in [5.74, 6) is 0. The van der Waals surface area contributed by atoms with Crippen LogP contribution in [-0.4, -0.2) is 29.8 Å². The van der Waals surface area contributed by atoms with Crippen molar-refractivity contribution in [3.05, 3.63) is 42.7 Å². The number of benzene rings is 1. The molecule has 0 aromatic heterocycles. The van der Waals surface area contributed by atoms with Gasteiger partial charge >= 0.3 is 0 Å². The van der Waals surface area contributed by atoms with Gasteiger partial charge in [0.15, 0.2) is 0 Å². The lowest BCUT2D eigenvalue weighted by atomic mass is 10.3. The van der Waals surface area contributed by atoms with Gasteiger partial charge in [-0.1, -0.05) is 18.2 Å². The third kappa shape index (κ3) is 1.78. The number of hydrazine groups is 1. The van der Waals surface area contributed by atoms with Gasteiger partial charge in [0, 0.05) is 31.2 Å². The van der Waals surface area contributed by atoms with Crippen molar-refractivity contribution in [3.63, 3.8) is 0 Å². The van der Waals surface area contributed by atoms with Gasteiger partial charge in [-0.2, -0.15) is 0 Å². The Kier molecular flexibility index (Phi) is 2.54. The third-order valence-corrected chi connectivity index (χ3v) is 3.25. The first kappa shape index (κ1) is 9.73. The van der Waals surface area contributed by atoms with Gasteiger partial charge < -0.3 is 4.90 Å². The van der Waals surface area contributed by atoms with Crippen molar-refractivity contribution in [2.75, 3.05) is 24.7 Å². The van der Waals surface area contributed by atoms with E-state index in [1.54, 1.807) is 0 Å². The fourth-order valence-electron chi connectivity index (χ4n) is 2.34. The molecule has 0 aliphatic carbocycles. The maximum Gasteiger partial charge on any atom is 0.109 e. The topological polar surface area (TPSA) is 9.72 Å². The normalized spacial score (nSPS) is 21.0. The Bertz CT molecular complexity index is 368. The number of anilines is 1. The van der Waals surface area contributed by atoms with Gasteiger partial charge in [-0.25, -0.2) is 5.01 Å². The molecular weight excluding hydrogens is 198 g/mol. The van der Waals surface area contributed by atoms with Gasteiger partial charge in [0.1, 0.15) is 6.67 Å². The van der Waals surface area contributed by atoms with Crippen LogP contribution in [0.5, 0.6) is 0 Å². The predicted octanol–water partition coefficient (Wildman–Crippen LogP) is 2.25. The van der Waals surface area contributed by atoms with Gasteiger partial charge in [0.2, 0.25) is 0 Å². The second-order valence-corrected chi connectivity index (χ2v) is 4.35. The van der Waals surface area contributed by atoms with Crippen molar-refractivity contribution < 1.29 is 0 Å². The van der Waals surface area contributed by atoms with Gasteiger partial charge in [0.25, 0.3) is 0 Å². The molecular formula is C13H17N3. The van der Waals surface area contributed by atoms with Gasteiger partial charge in [0.05, 0.1) is 0 Å². The third-order valence-electron chi connectivity index (χ3n) is 3.25. The molecule has 1 fully saturated rings. The molecule has 1 aromatic carbocycles. The van der Waals surface area contributed by atoms with Crippen LogP contribution in [-0.2, 0) is 0 Å². The summed E-state index contributed by atoms with van der Waals surface area (Å²) in [5.41, 5.74) is 1.26. The Balaban J connectivity index is 1.68. The molecule has 16 heavy (non-hydrogen) atoms. The Morgan fingerprint density at radius 2 is 1.62 bits per heavy atom. The molecule has 0 spiro atoms. The minimum Gasteiger partial charge on any atom is -0.327 e. The summed E-state index contributed by atoms with van der Waals surface area (Å²) in [4.78, 5) is 2.28. The number of para-hydroxylation sites is 1. The molecule has 0 unspecified atom stereocenters. The minimum absolute atomic E-state index is 0.948. The Morgan fingerprint density at radius 3 is 2.38 bits per heavy atom. The zero-order valence-electron chi connectivity index (χ0n) is 9.42. The van der Waals surface area contributed by atoms with Crippen LogP contribution < -0.4 is 4.90 Å². The van der Waals surface area contributed by atoms with Crippen LogP contribution >= 0.6 is 0 Å². The fourth-order valence-corrected chi connectivity index (χ4v) is 2.34. The predicted molar refractivity (Wildman–Crippen MR) is 65.6 cm³/mol. The summed E-state index contributed by atoms with van der Waals surface area (Å²) >= 11 is 0. The summed E-state index contributed by atoms with van der Waals surface area (Å²) in [5, 5.41) is 4.75. The SMILES string of the molecule is C1=CN(N2CCCC2)CN1c1ccccc1. The lowest BCUT2D eigenvalue weighted by Crippen LogP contribution is -2.38. The molecule has 1 aromatic rings.